The number of carbonyl (C=O) groups is 3. The lowest BCUT2D eigenvalue weighted by Crippen LogP contribution is -2.56. The number of nitrogens with two attached hydrogens (primary N) is 1. The average molecular weight is 575 g/mol. The number of aliphatic carboxylic acids is 1. The second-order valence-corrected chi connectivity index (χ2v) is 10.8. The summed E-state index contributed by atoms with van der Waals surface area (Å²) < 4.78 is 31.1. The van der Waals surface area contributed by atoms with Crippen LogP contribution in [0.1, 0.15) is 39.2 Å². The number of hydrogen-bond acceptors (Lipinski definition) is 8. The molecular weight excluding hydrogens is 535 g/mol. The molecule has 1 atom stereocenters. The first-order valence-electron chi connectivity index (χ1n) is 13.5. The van der Waals surface area contributed by atoms with Crippen LogP contribution in [0.3, 0.4) is 0 Å². The lowest BCUT2D eigenvalue weighted by Gasteiger charge is -2.39. The molecule has 2 amide bonds. The standard InChI is InChI=1S/C29H39FN4O7/c1-29(2,3)41-28(38)34-17-21(18-34)39-16-8-14-33(25-22(30)11-7-12-23(25)31)15-13-24(26(35)36)32-27(37)40-19-20-9-5-4-6-10-20/h4-7,9-12,21,24H,8,13-19,31H2,1-3H3,(H,32,37)(H,35,36). The number of ether oxygens (including phenoxy) is 3. The summed E-state index contributed by atoms with van der Waals surface area (Å²) in [5.74, 6) is -1.79. The first kappa shape index (κ1) is 31.5. The van der Waals surface area contributed by atoms with Crippen molar-refractivity contribution in [2.45, 2.75) is 58.0 Å². The Morgan fingerprint density at radius 1 is 1.12 bits per heavy atom. The van der Waals surface area contributed by atoms with Gasteiger partial charge in [0.15, 0.2) is 0 Å². The predicted molar refractivity (Wildman–Crippen MR) is 151 cm³/mol. The molecule has 0 aliphatic carbocycles. The second-order valence-electron chi connectivity index (χ2n) is 10.8. The molecule has 12 heteroatoms. The van der Waals surface area contributed by atoms with Gasteiger partial charge in [0.05, 0.1) is 30.6 Å². The molecule has 1 fully saturated rings. The van der Waals surface area contributed by atoms with E-state index in [1.165, 1.54) is 12.1 Å². The Morgan fingerprint density at radius 2 is 1.83 bits per heavy atom. The Morgan fingerprint density at radius 3 is 2.46 bits per heavy atom. The monoisotopic (exact) mass is 574 g/mol. The highest BCUT2D eigenvalue weighted by atomic mass is 19.1. The molecule has 1 unspecified atom stereocenters. The maximum absolute atomic E-state index is 14.8. The molecule has 41 heavy (non-hydrogen) atoms. The van der Waals surface area contributed by atoms with E-state index in [2.05, 4.69) is 5.32 Å². The highest BCUT2D eigenvalue weighted by Crippen LogP contribution is 2.27. The van der Waals surface area contributed by atoms with Gasteiger partial charge in [-0.2, -0.15) is 0 Å². The SMILES string of the molecule is CC(C)(C)OC(=O)N1CC(OCCCN(CCC(NC(=O)OCc2ccccc2)C(=O)O)c2c(N)cccc2F)C1. The topological polar surface area (TPSA) is 144 Å². The number of amides is 2. The van der Waals surface area contributed by atoms with Crippen LogP contribution in [-0.2, 0) is 25.6 Å². The van der Waals surface area contributed by atoms with E-state index >= 15 is 0 Å². The van der Waals surface area contributed by atoms with Crippen LogP contribution in [0, 0.1) is 5.82 Å². The van der Waals surface area contributed by atoms with Gasteiger partial charge < -0.3 is 40.2 Å². The molecule has 1 aliphatic heterocycles. The molecule has 1 heterocycles. The highest BCUT2D eigenvalue weighted by molar-refractivity contribution is 5.80. The Kier molecular flexibility index (Phi) is 11.2. The number of carbonyl (C=O) groups excluding carboxylic acids is 2. The normalized spacial score (nSPS) is 14.1. The Hall–Kier alpha value is -4.06. The number of para-hydroxylation sites is 1. The molecule has 0 aromatic heterocycles. The molecule has 0 spiro atoms. The van der Waals surface area contributed by atoms with Crippen molar-refractivity contribution in [1.82, 2.24) is 10.2 Å². The van der Waals surface area contributed by atoms with Crippen LogP contribution in [0.25, 0.3) is 0 Å². The average Bonchev–Trinajstić information content (AvgIpc) is 2.87. The molecule has 3 rings (SSSR count). The fourth-order valence-electron chi connectivity index (χ4n) is 4.17. The molecule has 2 aromatic carbocycles. The van der Waals surface area contributed by atoms with Gasteiger partial charge in [0.1, 0.15) is 24.1 Å². The fourth-order valence-corrected chi connectivity index (χ4v) is 4.17. The predicted octanol–water partition coefficient (Wildman–Crippen LogP) is 4.01. The highest BCUT2D eigenvalue weighted by Gasteiger charge is 2.34. The molecule has 11 nitrogen and oxygen atoms in total. The lowest BCUT2D eigenvalue weighted by molar-refractivity contribution is -0.139. The maximum Gasteiger partial charge on any atom is 0.410 e. The zero-order chi connectivity index (χ0) is 30.0. The van der Waals surface area contributed by atoms with Crippen molar-refractivity contribution in [2.75, 3.05) is 43.4 Å². The van der Waals surface area contributed by atoms with Crippen LogP contribution in [0.2, 0.25) is 0 Å². The minimum absolute atomic E-state index is 0.00652. The van der Waals surface area contributed by atoms with E-state index in [1.54, 1.807) is 60.9 Å². The zero-order valence-corrected chi connectivity index (χ0v) is 23.7. The summed E-state index contributed by atoms with van der Waals surface area (Å²) in [5, 5.41) is 12.1. The van der Waals surface area contributed by atoms with Gasteiger partial charge in [0.2, 0.25) is 0 Å². The van der Waals surface area contributed by atoms with Crippen LogP contribution in [0.15, 0.2) is 48.5 Å². The van der Waals surface area contributed by atoms with Crippen LogP contribution < -0.4 is 16.0 Å². The summed E-state index contributed by atoms with van der Waals surface area (Å²) in [5.41, 5.74) is 6.62. The third-order valence-corrected chi connectivity index (χ3v) is 6.25. The van der Waals surface area contributed by atoms with Crippen molar-refractivity contribution < 1.29 is 38.1 Å². The molecular formula is C29H39FN4O7. The number of carboxylic acids is 1. The van der Waals surface area contributed by atoms with Gasteiger partial charge in [0.25, 0.3) is 0 Å². The van der Waals surface area contributed by atoms with E-state index in [4.69, 9.17) is 19.9 Å². The smallest absolute Gasteiger partial charge is 0.410 e. The summed E-state index contributed by atoms with van der Waals surface area (Å²) in [6, 6.07) is 12.1. The van der Waals surface area contributed by atoms with E-state index < -0.39 is 29.5 Å². The van der Waals surface area contributed by atoms with E-state index in [1.807, 2.05) is 6.07 Å². The van der Waals surface area contributed by atoms with E-state index in [-0.39, 0.29) is 43.1 Å². The van der Waals surface area contributed by atoms with E-state index in [0.717, 1.165) is 5.56 Å². The maximum atomic E-state index is 14.8. The number of alkyl carbamates (subject to hydrolysis) is 1. The molecule has 4 N–H and O–H groups in total. The molecule has 0 saturated carbocycles. The van der Waals surface area contributed by atoms with Gasteiger partial charge in [0, 0.05) is 19.7 Å². The van der Waals surface area contributed by atoms with Gasteiger partial charge in [-0.25, -0.2) is 18.8 Å². The molecule has 0 radical (unpaired) electrons. The van der Waals surface area contributed by atoms with Gasteiger partial charge >= 0.3 is 18.2 Å². The van der Waals surface area contributed by atoms with Crippen LogP contribution in [-0.4, -0.2) is 78.7 Å². The van der Waals surface area contributed by atoms with Crippen molar-refractivity contribution in [3.63, 3.8) is 0 Å². The molecule has 1 aliphatic rings. The summed E-state index contributed by atoms with van der Waals surface area (Å²) in [7, 11) is 0. The van der Waals surface area contributed by atoms with Crippen molar-refractivity contribution in [2.24, 2.45) is 0 Å². The van der Waals surface area contributed by atoms with Crippen molar-refractivity contribution in [3.8, 4) is 0 Å². The third kappa shape index (κ3) is 10.1. The number of nitrogen functional groups attached to an aromatic ring is 1. The van der Waals surface area contributed by atoms with Crippen molar-refractivity contribution in [3.05, 3.63) is 59.9 Å². The number of carboxylic acid groups (broad SMARTS) is 1. The van der Waals surface area contributed by atoms with Crippen LogP contribution in [0.5, 0.6) is 0 Å². The summed E-state index contributed by atoms with van der Waals surface area (Å²) in [6.07, 6.45) is -0.924. The molecule has 2 aromatic rings. The number of benzene rings is 2. The van der Waals surface area contributed by atoms with Crippen molar-refractivity contribution >= 4 is 29.5 Å². The fraction of sp³-hybridized carbons (Fsp3) is 0.483. The molecule has 224 valence electrons. The minimum atomic E-state index is -1.26. The van der Waals surface area contributed by atoms with E-state index in [0.29, 0.717) is 32.7 Å². The van der Waals surface area contributed by atoms with Crippen LogP contribution >= 0.6 is 0 Å². The van der Waals surface area contributed by atoms with Gasteiger partial charge in [-0.05, 0) is 51.3 Å². The largest absolute Gasteiger partial charge is 0.480 e. The van der Waals surface area contributed by atoms with Crippen LogP contribution in [0.4, 0.5) is 25.4 Å². The molecule has 1 saturated heterocycles. The zero-order valence-electron chi connectivity index (χ0n) is 23.7. The Bertz CT molecular complexity index is 1150. The van der Waals surface area contributed by atoms with Gasteiger partial charge in [-0.15, -0.1) is 0 Å². The van der Waals surface area contributed by atoms with Crippen molar-refractivity contribution in [1.29, 1.82) is 0 Å². The summed E-state index contributed by atoms with van der Waals surface area (Å²) in [4.78, 5) is 39.4. The Balaban J connectivity index is 1.51. The quantitative estimate of drug-likeness (QED) is 0.239. The number of likely N-dealkylation sites (tertiary alicyclic amines) is 1. The summed E-state index contributed by atoms with van der Waals surface area (Å²) in [6.45, 7) is 7.00. The summed E-state index contributed by atoms with van der Waals surface area (Å²) >= 11 is 0. The first-order chi connectivity index (χ1) is 19.4. The lowest BCUT2D eigenvalue weighted by atomic mass is 10.1. The van der Waals surface area contributed by atoms with Gasteiger partial charge in [-0.1, -0.05) is 36.4 Å². The number of halogens is 1. The Labute approximate surface area is 239 Å². The second kappa shape index (κ2) is 14.5. The number of anilines is 2. The molecule has 0 bridgehead atoms. The number of nitrogens with zero attached hydrogens (tertiary/aromatic N) is 2. The van der Waals surface area contributed by atoms with Gasteiger partial charge in [-0.3, -0.25) is 0 Å². The first-order valence-corrected chi connectivity index (χ1v) is 13.5. The third-order valence-electron chi connectivity index (χ3n) is 6.25. The minimum Gasteiger partial charge on any atom is -0.480 e. The number of rotatable bonds is 13. The number of hydrogen-bond donors (Lipinski definition) is 3. The number of nitrogens with one attached hydrogen (secondary N) is 1. The van der Waals surface area contributed by atoms with E-state index in [9.17, 15) is 23.9 Å².